The Kier molecular flexibility index (Phi) is 10.6. The summed E-state index contributed by atoms with van der Waals surface area (Å²) in [7, 11) is 0. The molecule has 14 heteroatoms. The molecule has 5 atom stereocenters. The molecule has 0 saturated heterocycles. The number of nitrogens with zero attached hydrogens (tertiary/aromatic N) is 1. The Morgan fingerprint density at radius 2 is 1.61 bits per heavy atom. The first-order chi connectivity index (χ1) is 19.5. The lowest BCUT2D eigenvalue weighted by molar-refractivity contribution is -0.142. The van der Waals surface area contributed by atoms with Crippen molar-refractivity contribution in [2.45, 2.75) is 63.7 Å². The summed E-state index contributed by atoms with van der Waals surface area (Å²) in [6.45, 7) is 3.63. The Balaban J connectivity index is 1.79. The van der Waals surface area contributed by atoms with Crippen LogP contribution in [0.15, 0.2) is 43.0 Å². The summed E-state index contributed by atoms with van der Waals surface area (Å²) in [6, 6.07) is 2.39. The van der Waals surface area contributed by atoms with Crippen molar-refractivity contribution in [2.75, 3.05) is 0 Å². The fourth-order valence-corrected chi connectivity index (χ4v) is 4.28. The van der Waals surface area contributed by atoms with Gasteiger partial charge in [0, 0.05) is 41.8 Å². The highest BCUT2D eigenvalue weighted by Gasteiger charge is 2.32. The molecule has 2 aromatic heterocycles. The second-order valence-corrected chi connectivity index (χ2v) is 9.95. The number of carboxylic acids is 1. The SMILES string of the molecule is CCC(C)C(N)C(=O)NC(CC(N)=O)C(=O)NC(Cc1cnc[nH]1)C(=O)NC(Cc1c[nH]c2ccccc12)C(=O)O. The van der Waals surface area contributed by atoms with E-state index in [1.54, 1.807) is 13.1 Å². The van der Waals surface area contributed by atoms with Gasteiger partial charge in [-0.15, -0.1) is 0 Å². The van der Waals surface area contributed by atoms with Gasteiger partial charge in [0.2, 0.25) is 23.6 Å². The number of aromatic amines is 2. The van der Waals surface area contributed by atoms with E-state index < -0.39 is 60.2 Å². The fourth-order valence-electron chi connectivity index (χ4n) is 4.28. The molecule has 10 N–H and O–H groups in total. The molecule has 0 aliphatic rings. The molecule has 1 aromatic carbocycles. The summed E-state index contributed by atoms with van der Waals surface area (Å²) >= 11 is 0. The Morgan fingerprint density at radius 3 is 2.24 bits per heavy atom. The summed E-state index contributed by atoms with van der Waals surface area (Å²) < 4.78 is 0. The number of rotatable bonds is 15. The average molecular weight is 569 g/mol. The predicted octanol–water partition coefficient (Wildman–Crippen LogP) is -0.536. The molecule has 41 heavy (non-hydrogen) atoms. The van der Waals surface area contributed by atoms with E-state index in [1.165, 1.54) is 12.5 Å². The van der Waals surface area contributed by atoms with E-state index in [1.807, 2.05) is 31.2 Å². The van der Waals surface area contributed by atoms with Crippen molar-refractivity contribution in [3.63, 3.8) is 0 Å². The molecule has 220 valence electrons. The van der Waals surface area contributed by atoms with Crippen LogP contribution in [0.5, 0.6) is 0 Å². The number of benzene rings is 1. The van der Waals surface area contributed by atoms with E-state index in [2.05, 4.69) is 30.9 Å². The van der Waals surface area contributed by atoms with Gasteiger partial charge in [0.25, 0.3) is 0 Å². The summed E-state index contributed by atoms with van der Waals surface area (Å²) in [4.78, 5) is 72.9. The van der Waals surface area contributed by atoms with Crippen LogP contribution < -0.4 is 27.4 Å². The normalized spacial score (nSPS) is 14.8. The highest BCUT2D eigenvalue weighted by atomic mass is 16.4. The highest BCUT2D eigenvalue weighted by molar-refractivity contribution is 5.96. The minimum atomic E-state index is -1.41. The van der Waals surface area contributed by atoms with Gasteiger partial charge in [-0.05, 0) is 17.5 Å². The number of amides is 4. The van der Waals surface area contributed by atoms with Crippen LogP contribution in [-0.4, -0.2) is 73.8 Å². The van der Waals surface area contributed by atoms with Crippen molar-refractivity contribution in [1.82, 2.24) is 30.9 Å². The molecule has 3 aromatic rings. The number of hydrogen-bond donors (Lipinski definition) is 8. The van der Waals surface area contributed by atoms with Crippen LogP contribution in [-0.2, 0) is 36.8 Å². The maximum atomic E-state index is 13.4. The molecule has 3 rings (SSSR count). The van der Waals surface area contributed by atoms with Crippen LogP contribution in [0, 0.1) is 5.92 Å². The van der Waals surface area contributed by atoms with Gasteiger partial charge in [-0.2, -0.15) is 0 Å². The first kappa shape index (κ1) is 30.8. The van der Waals surface area contributed by atoms with Crippen molar-refractivity contribution in [1.29, 1.82) is 0 Å². The molecule has 2 heterocycles. The molecule has 5 unspecified atom stereocenters. The zero-order chi connectivity index (χ0) is 30.1. The van der Waals surface area contributed by atoms with E-state index in [9.17, 15) is 29.1 Å². The molecule has 0 aliphatic carbocycles. The van der Waals surface area contributed by atoms with Gasteiger partial charge >= 0.3 is 5.97 Å². The predicted molar refractivity (Wildman–Crippen MR) is 149 cm³/mol. The Bertz CT molecular complexity index is 1370. The summed E-state index contributed by atoms with van der Waals surface area (Å²) in [5.41, 5.74) is 13.3. The van der Waals surface area contributed by atoms with E-state index in [0.717, 1.165) is 10.9 Å². The molecule has 0 aliphatic heterocycles. The third-order valence-electron chi connectivity index (χ3n) is 6.92. The van der Waals surface area contributed by atoms with Crippen LogP contribution in [0.2, 0.25) is 0 Å². The molecular formula is C27H36N8O6. The standard InChI is InChI=1S/C27H36N8O6/c1-3-14(2)23(29)26(39)34-20(10-22(28)36)25(38)33-19(9-16-12-30-13-32-16)24(37)35-21(27(40)41)8-15-11-31-18-7-5-4-6-17(15)18/h4-7,11-14,19-21,23,31H,3,8-10,29H2,1-2H3,(H2,28,36)(H,30,32)(H,33,38)(H,34,39)(H,35,37)(H,40,41). The smallest absolute Gasteiger partial charge is 0.326 e. The van der Waals surface area contributed by atoms with Crippen molar-refractivity contribution in [3.8, 4) is 0 Å². The number of fused-ring (bicyclic) bond motifs is 1. The minimum Gasteiger partial charge on any atom is -0.480 e. The number of aromatic nitrogens is 3. The molecule has 0 saturated carbocycles. The fraction of sp³-hybridized carbons (Fsp3) is 0.407. The van der Waals surface area contributed by atoms with E-state index >= 15 is 0 Å². The van der Waals surface area contributed by atoms with Crippen LogP contribution in [0.4, 0.5) is 0 Å². The number of carboxylic acid groups (broad SMARTS) is 1. The summed E-state index contributed by atoms with van der Waals surface area (Å²) in [5, 5.41) is 18.2. The van der Waals surface area contributed by atoms with Gasteiger partial charge in [-0.3, -0.25) is 19.2 Å². The molecule has 0 spiro atoms. The minimum absolute atomic E-state index is 0.0241. The van der Waals surface area contributed by atoms with Gasteiger partial charge in [0.05, 0.1) is 18.8 Å². The zero-order valence-corrected chi connectivity index (χ0v) is 22.8. The third-order valence-corrected chi connectivity index (χ3v) is 6.92. The Hall–Kier alpha value is -4.72. The lowest BCUT2D eigenvalue weighted by atomic mass is 9.99. The molecule has 14 nitrogen and oxygen atoms in total. The molecule has 4 amide bonds. The molecule has 0 fully saturated rings. The summed E-state index contributed by atoms with van der Waals surface area (Å²) in [5.74, 6) is -4.64. The third kappa shape index (κ3) is 8.38. The second kappa shape index (κ2) is 14.1. The monoisotopic (exact) mass is 568 g/mol. The first-order valence-electron chi connectivity index (χ1n) is 13.2. The lowest BCUT2D eigenvalue weighted by Crippen LogP contribution is -2.58. The zero-order valence-electron chi connectivity index (χ0n) is 22.8. The van der Waals surface area contributed by atoms with E-state index in [4.69, 9.17) is 11.5 Å². The quantitative estimate of drug-likeness (QED) is 0.118. The van der Waals surface area contributed by atoms with Gasteiger partial charge < -0.3 is 42.5 Å². The van der Waals surface area contributed by atoms with E-state index in [0.29, 0.717) is 17.7 Å². The van der Waals surface area contributed by atoms with Gasteiger partial charge in [0.1, 0.15) is 18.1 Å². The highest BCUT2D eigenvalue weighted by Crippen LogP contribution is 2.19. The number of primary amides is 1. The largest absolute Gasteiger partial charge is 0.480 e. The summed E-state index contributed by atoms with van der Waals surface area (Å²) in [6.07, 6.45) is 4.47. The molecule has 0 bridgehead atoms. The number of H-pyrrole nitrogens is 2. The molecular weight excluding hydrogens is 532 g/mol. The van der Waals surface area contributed by atoms with Gasteiger partial charge in [0.15, 0.2) is 0 Å². The number of carbonyl (C=O) groups excluding carboxylic acids is 4. The second-order valence-electron chi connectivity index (χ2n) is 9.95. The van der Waals surface area contributed by atoms with Gasteiger partial charge in [-0.1, -0.05) is 38.5 Å². The molecule has 0 radical (unpaired) electrons. The van der Waals surface area contributed by atoms with Crippen molar-refractivity contribution >= 4 is 40.5 Å². The number of para-hydroxylation sites is 1. The topological polar surface area (TPSA) is 238 Å². The maximum absolute atomic E-state index is 13.4. The number of aliphatic carboxylic acids is 1. The van der Waals surface area contributed by atoms with Crippen LogP contribution in [0.25, 0.3) is 10.9 Å². The van der Waals surface area contributed by atoms with Crippen LogP contribution in [0.1, 0.15) is 37.9 Å². The number of nitrogens with two attached hydrogens (primary N) is 2. The number of nitrogens with one attached hydrogen (secondary N) is 5. The van der Waals surface area contributed by atoms with E-state index in [-0.39, 0.29) is 18.8 Å². The van der Waals surface area contributed by atoms with Crippen LogP contribution in [0.3, 0.4) is 0 Å². The van der Waals surface area contributed by atoms with Gasteiger partial charge in [-0.25, -0.2) is 9.78 Å². The maximum Gasteiger partial charge on any atom is 0.326 e. The Morgan fingerprint density at radius 1 is 0.951 bits per heavy atom. The average Bonchev–Trinajstić information content (AvgIpc) is 3.60. The number of hydrogen-bond acceptors (Lipinski definition) is 7. The number of carbonyl (C=O) groups is 5. The number of imidazole rings is 1. The van der Waals surface area contributed by atoms with Crippen molar-refractivity contribution in [3.05, 3.63) is 54.2 Å². The van der Waals surface area contributed by atoms with Crippen molar-refractivity contribution in [2.24, 2.45) is 17.4 Å². The van der Waals surface area contributed by atoms with Crippen LogP contribution >= 0.6 is 0 Å². The Labute approximate surface area is 236 Å². The van der Waals surface area contributed by atoms with Crippen molar-refractivity contribution < 1.29 is 29.1 Å². The lowest BCUT2D eigenvalue weighted by Gasteiger charge is -2.25. The first-order valence-corrected chi connectivity index (χ1v) is 13.2.